The average molecular weight is 259 g/mol. The van der Waals surface area contributed by atoms with Crippen molar-refractivity contribution >= 4 is 17.6 Å². The van der Waals surface area contributed by atoms with E-state index in [1.165, 1.54) is 12.3 Å². The predicted octanol–water partition coefficient (Wildman–Crippen LogP) is 1.95. The van der Waals surface area contributed by atoms with E-state index in [0.717, 1.165) is 5.69 Å². The van der Waals surface area contributed by atoms with Crippen molar-refractivity contribution in [2.24, 2.45) is 0 Å². The molecule has 1 aromatic carbocycles. The van der Waals surface area contributed by atoms with Crippen LogP contribution in [-0.2, 0) is 0 Å². The van der Waals surface area contributed by atoms with E-state index >= 15 is 0 Å². The number of carbonyl (C=O) groups is 1. The molecule has 2 rings (SSSR count). The first-order valence-electron chi connectivity index (χ1n) is 5.56. The number of aromatic nitrogens is 2. The SMILES string of the molecule is COc1ccccc1N(C)c1nccc(C(=O)O)n1. The van der Waals surface area contributed by atoms with Crippen molar-refractivity contribution < 1.29 is 14.6 Å². The van der Waals surface area contributed by atoms with Gasteiger partial charge in [-0.1, -0.05) is 12.1 Å². The third kappa shape index (κ3) is 2.62. The molecule has 2 aromatic rings. The number of para-hydroxylation sites is 2. The Morgan fingerprint density at radius 3 is 2.74 bits per heavy atom. The number of nitrogens with zero attached hydrogens (tertiary/aromatic N) is 3. The highest BCUT2D eigenvalue weighted by Crippen LogP contribution is 2.30. The van der Waals surface area contributed by atoms with E-state index in [1.54, 1.807) is 19.1 Å². The minimum atomic E-state index is -1.09. The molecule has 0 aliphatic rings. The summed E-state index contributed by atoms with van der Waals surface area (Å²) in [4.78, 5) is 20.6. The average Bonchev–Trinajstić information content (AvgIpc) is 2.46. The minimum Gasteiger partial charge on any atom is -0.495 e. The van der Waals surface area contributed by atoms with E-state index in [0.29, 0.717) is 11.7 Å². The molecule has 0 bridgehead atoms. The molecule has 0 fully saturated rings. The molecule has 98 valence electrons. The molecule has 0 atom stereocenters. The standard InChI is InChI=1S/C13H13N3O3/c1-16(10-5-3-4-6-11(10)19-2)13-14-8-7-9(15-13)12(17)18/h3-8H,1-2H3,(H,17,18). The quantitative estimate of drug-likeness (QED) is 0.904. The van der Waals surface area contributed by atoms with Gasteiger partial charge in [-0.15, -0.1) is 0 Å². The number of rotatable bonds is 4. The highest BCUT2D eigenvalue weighted by molar-refractivity contribution is 5.85. The van der Waals surface area contributed by atoms with Crippen LogP contribution < -0.4 is 9.64 Å². The minimum absolute atomic E-state index is 0.0493. The van der Waals surface area contributed by atoms with Crippen molar-refractivity contribution in [1.82, 2.24) is 9.97 Å². The Morgan fingerprint density at radius 2 is 2.05 bits per heavy atom. The summed E-state index contributed by atoms with van der Waals surface area (Å²) in [6.45, 7) is 0. The zero-order valence-electron chi connectivity index (χ0n) is 10.6. The van der Waals surface area contributed by atoms with Gasteiger partial charge in [0.1, 0.15) is 5.75 Å². The first-order chi connectivity index (χ1) is 9.13. The smallest absolute Gasteiger partial charge is 0.354 e. The Balaban J connectivity index is 2.41. The van der Waals surface area contributed by atoms with Crippen LogP contribution in [0.1, 0.15) is 10.5 Å². The summed E-state index contributed by atoms with van der Waals surface area (Å²) in [5.74, 6) is -0.129. The molecular formula is C13H13N3O3. The number of methoxy groups -OCH3 is 1. The first-order valence-corrected chi connectivity index (χ1v) is 5.56. The highest BCUT2D eigenvalue weighted by Gasteiger charge is 2.13. The number of anilines is 2. The largest absolute Gasteiger partial charge is 0.495 e. The fourth-order valence-electron chi connectivity index (χ4n) is 1.64. The van der Waals surface area contributed by atoms with Crippen LogP contribution >= 0.6 is 0 Å². The van der Waals surface area contributed by atoms with Crippen molar-refractivity contribution in [3.8, 4) is 5.75 Å². The third-order valence-corrected chi connectivity index (χ3v) is 2.61. The van der Waals surface area contributed by atoms with E-state index in [1.807, 2.05) is 24.3 Å². The maximum atomic E-state index is 10.9. The van der Waals surface area contributed by atoms with Gasteiger partial charge in [-0.3, -0.25) is 0 Å². The van der Waals surface area contributed by atoms with Crippen LogP contribution in [0.3, 0.4) is 0 Å². The van der Waals surface area contributed by atoms with Gasteiger partial charge in [0.05, 0.1) is 12.8 Å². The molecule has 0 radical (unpaired) electrons. The van der Waals surface area contributed by atoms with Crippen molar-refractivity contribution in [3.63, 3.8) is 0 Å². The summed E-state index contributed by atoms with van der Waals surface area (Å²) in [5.41, 5.74) is 0.708. The molecule has 0 saturated heterocycles. The van der Waals surface area contributed by atoms with Crippen LogP contribution in [0.25, 0.3) is 0 Å². The van der Waals surface area contributed by atoms with Gasteiger partial charge in [-0.05, 0) is 18.2 Å². The lowest BCUT2D eigenvalue weighted by Crippen LogP contribution is -2.15. The van der Waals surface area contributed by atoms with Crippen molar-refractivity contribution in [3.05, 3.63) is 42.2 Å². The fraction of sp³-hybridized carbons (Fsp3) is 0.154. The summed E-state index contributed by atoms with van der Waals surface area (Å²) in [6, 6.07) is 8.71. The number of benzene rings is 1. The predicted molar refractivity (Wildman–Crippen MR) is 70.0 cm³/mol. The molecule has 0 saturated carbocycles. The van der Waals surface area contributed by atoms with Gasteiger partial charge in [0.25, 0.3) is 0 Å². The number of carboxylic acid groups (broad SMARTS) is 1. The van der Waals surface area contributed by atoms with E-state index in [4.69, 9.17) is 9.84 Å². The lowest BCUT2D eigenvalue weighted by molar-refractivity contribution is 0.0690. The number of hydrogen-bond donors (Lipinski definition) is 1. The summed E-state index contributed by atoms with van der Waals surface area (Å²) >= 11 is 0. The van der Waals surface area contributed by atoms with Gasteiger partial charge >= 0.3 is 5.97 Å². The molecule has 0 aliphatic heterocycles. The van der Waals surface area contributed by atoms with Crippen molar-refractivity contribution in [2.75, 3.05) is 19.1 Å². The molecule has 6 heteroatoms. The Bertz CT molecular complexity index is 601. The maximum Gasteiger partial charge on any atom is 0.354 e. The maximum absolute atomic E-state index is 10.9. The molecule has 0 aliphatic carbocycles. The van der Waals surface area contributed by atoms with Gasteiger partial charge in [-0.25, -0.2) is 14.8 Å². The van der Waals surface area contributed by atoms with Crippen LogP contribution in [0.15, 0.2) is 36.5 Å². The lowest BCUT2D eigenvalue weighted by Gasteiger charge is -2.19. The van der Waals surface area contributed by atoms with E-state index in [-0.39, 0.29) is 5.69 Å². The monoisotopic (exact) mass is 259 g/mol. The summed E-state index contributed by atoms with van der Waals surface area (Å²) in [7, 11) is 3.32. The van der Waals surface area contributed by atoms with Crippen LogP contribution in [0.2, 0.25) is 0 Å². The molecular weight excluding hydrogens is 246 g/mol. The molecule has 1 aromatic heterocycles. The molecule has 1 N–H and O–H groups in total. The number of carboxylic acids is 1. The lowest BCUT2D eigenvalue weighted by atomic mass is 10.3. The van der Waals surface area contributed by atoms with Gasteiger partial charge < -0.3 is 14.7 Å². The van der Waals surface area contributed by atoms with E-state index in [2.05, 4.69) is 9.97 Å². The normalized spacial score (nSPS) is 10.0. The zero-order valence-corrected chi connectivity index (χ0v) is 10.6. The number of hydrogen-bond acceptors (Lipinski definition) is 5. The molecule has 19 heavy (non-hydrogen) atoms. The Morgan fingerprint density at radius 1 is 1.32 bits per heavy atom. The number of ether oxygens (including phenoxy) is 1. The molecule has 0 unspecified atom stereocenters. The second-order valence-electron chi connectivity index (χ2n) is 3.78. The Hall–Kier alpha value is -2.63. The summed E-state index contributed by atoms with van der Waals surface area (Å²) < 4.78 is 5.25. The van der Waals surface area contributed by atoms with Crippen LogP contribution in [0, 0.1) is 0 Å². The van der Waals surface area contributed by atoms with E-state index < -0.39 is 5.97 Å². The van der Waals surface area contributed by atoms with Crippen LogP contribution in [0.5, 0.6) is 5.75 Å². The van der Waals surface area contributed by atoms with E-state index in [9.17, 15) is 4.79 Å². The van der Waals surface area contributed by atoms with Crippen LogP contribution in [0.4, 0.5) is 11.6 Å². The van der Waals surface area contributed by atoms with Gasteiger partial charge in [0.2, 0.25) is 5.95 Å². The molecule has 0 spiro atoms. The first kappa shape index (κ1) is 12.8. The fourth-order valence-corrected chi connectivity index (χ4v) is 1.64. The summed E-state index contributed by atoms with van der Waals surface area (Å²) in [6.07, 6.45) is 1.41. The Labute approximate surface area is 110 Å². The van der Waals surface area contributed by atoms with Crippen molar-refractivity contribution in [1.29, 1.82) is 0 Å². The zero-order chi connectivity index (χ0) is 13.8. The highest BCUT2D eigenvalue weighted by atomic mass is 16.5. The van der Waals surface area contributed by atoms with Crippen LogP contribution in [-0.4, -0.2) is 35.2 Å². The molecule has 6 nitrogen and oxygen atoms in total. The second-order valence-corrected chi connectivity index (χ2v) is 3.78. The second kappa shape index (κ2) is 5.34. The van der Waals surface area contributed by atoms with Crippen molar-refractivity contribution in [2.45, 2.75) is 0 Å². The van der Waals surface area contributed by atoms with Gasteiger partial charge in [0, 0.05) is 13.2 Å². The summed E-state index contributed by atoms with van der Waals surface area (Å²) in [5, 5.41) is 8.93. The van der Waals surface area contributed by atoms with Gasteiger partial charge in [0.15, 0.2) is 5.69 Å². The molecule has 1 heterocycles. The third-order valence-electron chi connectivity index (χ3n) is 2.61. The topological polar surface area (TPSA) is 75.5 Å². The molecule has 0 amide bonds. The number of aromatic carboxylic acids is 1. The Kier molecular flexibility index (Phi) is 3.61. The van der Waals surface area contributed by atoms with Gasteiger partial charge in [-0.2, -0.15) is 0 Å².